The number of aliphatic hydroxyl groups excluding tert-OH is 1. The molecule has 2 rings (SSSR count). The summed E-state index contributed by atoms with van der Waals surface area (Å²) in [5, 5.41) is 9.82. The third-order valence-corrected chi connectivity index (χ3v) is 3.72. The Labute approximate surface area is 120 Å². The molecule has 1 fully saturated rings. The van der Waals surface area contributed by atoms with Crippen LogP contribution in [0, 0.1) is 5.41 Å². The van der Waals surface area contributed by atoms with Crippen molar-refractivity contribution >= 4 is 6.09 Å². The highest BCUT2D eigenvalue weighted by atomic mass is 16.6. The van der Waals surface area contributed by atoms with Gasteiger partial charge in [-0.1, -0.05) is 51.1 Å². The molecule has 1 aliphatic heterocycles. The Morgan fingerprint density at radius 1 is 1.35 bits per heavy atom. The molecule has 1 saturated heterocycles. The molecule has 0 bridgehead atoms. The lowest BCUT2D eigenvalue weighted by molar-refractivity contribution is 0.0688. The topological polar surface area (TPSA) is 49.8 Å². The predicted molar refractivity (Wildman–Crippen MR) is 77.2 cm³/mol. The number of benzene rings is 1. The van der Waals surface area contributed by atoms with E-state index >= 15 is 0 Å². The summed E-state index contributed by atoms with van der Waals surface area (Å²) in [6.45, 7) is 6.85. The van der Waals surface area contributed by atoms with Gasteiger partial charge in [-0.25, -0.2) is 4.79 Å². The summed E-state index contributed by atoms with van der Waals surface area (Å²) in [5.41, 5.74) is 0.899. The smallest absolute Gasteiger partial charge is 0.410 e. The normalized spacial score (nSPS) is 22.9. The maximum absolute atomic E-state index is 12.2. The van der Waals surface area contributed by atoms with Crippen molar-refractivity contribution in [2.45, 2.75) is 45.9 Å². The van der Waals surface area contributed by atoms with Gasteiger partial charge in [-0.2, -0.15) is 0 Å². The molecule has 1 heterocycles. The molecule has 0 unspecified atom stereocenters. The van der Waals surface area contributed by atoms with Gasteiger partial charge in [0.2, 0.25) is 0 Å². The first-order valence-corrected chi connectivity index (χ1v) is 7.03. The molecule has 1 N–H and O–H groups in total. The predicted octanol–water partition coefficient (Wildman–Crippen LogP) is 2.80. The number of aliphatic hydroxyl groups is 1. The average Bonchev–Trinajstić information content (AvgIpc) is 2.79. The lowest BCUT2D eigenvalue weighted by atomic mass is 9.85. The van der Waals surface area contributed by atoms with E-state index < -0.39 is 6.10 Å². The molecule has 1 aromatic carbocycles. The van der Waals surface area contributed by atoms with E-state index in [4.69, 9.17) is 4.74 Å². The number of nitrogens with zero attached hydrogens (tertiary/aromatic N) is 1. The van der Waals surface area contributed by atoms with Crippen molar-refractivity contribution in [2.75, 3.05) is 6.54 Å². The summed E-state index contributed by atoms with van der Waals surface area (Å²) in [4.78, 5) is 13.9. The molecule has 4 nitrogen and oxygen atoms in total. The minimum Gasteiger partial charge on any atom is -0.445 e. The van der Waals surface area contributed by atoms with Gasteiger partial charge < -0.3 is 14.7 Å². The molecule has 20 heavy (non-hydrogen) atoms. The van der Waals surface area contributed by atoms with Crippen molar-refractivity contribution in [3.8, 4) is 0 Å². The molecule has 1 aliphatic rings. The van der Waals surface area contributed by atoms with Crippen molar-refractivity contribution in [1.29, 1.82) is 0 Å². The van der Waals surface area contributed by atoms with E-state index in [1.807, 2.05) is 30.3 Å². The minimum absolute atomic E-state index is 0.0146. The Kier molecular flexibility index (Phi) is 4.33. The quantitative estimate of drug-likeness (QED) is 0.904. The number of ether oxygens (including phenoxy) is 1. The van der Waals surface area contributed by atoms with Crippen LogP contribution in [-0.4, -0.2) is 34.8 Å². The van der Waals surface area contributed by atoms with Gasteiger partial charge >= 0.3 is 6.09 Å². The Bertz CT molecular complexity index is 453. The van der Waals surface area contributed by atoms with E-state index in [1.54, 1.807) is 4.90 Å². The molecule has 0 radical (unpaired) electrons. The van der Waals surface area contributed by atoms with Crippen molar-refractivity contribution in [2.24, 2.45) is 5.41 Å². The third-order valence-electron chi connectivity index (χ3n) is 3.72. The zero-order valence-corrected chi connectivity index (χ0v) is 12.4. The Morgan fingerprint density at radius 2 is 2.00 bits per heavy atom. The van der Waals surface area contributed by atoms with E-state index in [2.05, 4.69) is 20.8 Å². The van der Waals surface area contributed by atoms with E-state index in [1.165, 1.54) is 0 Å². The fourth-order valence-corrected chi connectivity index (χ4v) is 2.64. The average molecular weight is 277 g/mol. The number of amides is 1. The molecular weight excluding hydrogens is 254 g/mol. The van der Waals surface area contributed by atoms with E-state index in [0.717, 1.165) is 5.56 Å². The molecule has 110 valence electrons. The van der Waals surface area contributed by atoms with Gasteiger partial charge in [-0.3, -0.25) is 0 Å². The van der Waals surface area contributed by atoms with Crippen LogP contribution in [0.25, 0.3) is 0 Å². The van der Waals surface area contributed by atoms with Crippen LogP contribution in [0.1, 0.15) is 32.8 Å². The highest BCUT2D eigenvalue weighted by Gasteiger charge is 2.41. The highest BCUT2D eigenvalue weighted by molar-refractivity contribution is 5.68. The standard InChI is InChI=1S/C16H23NO3/c1-16(2,3)14-9-13(18)10-17(14)15(19)20-11-12-7-5-4-6-8-12/h4-8,13-14,18H,9-11H2,1-3H3/t13-,14-/m0/s1. The number of rotatable bonds is 2. The fraction of sp³-hybridized carbons (Fsp3) is 0.562. The summed E-state index contributed by atoms with van der Waals surface area (Å²) >= 11 is 0. The van der Waals surface area contributed by atoms with Crippen LogP contribution >= 0.6 is 0 Å². The summed E-state index contributed by atoms with van der Waals surface area (Å²) < 4.78 is 5.36. The van der Waals surface area contributed by atoms with Gasteiger partial charge in [0.15, 0.2) is 0 Å². The molecule has 0 saturated carbocycles. The van der Waals surface area contributed by atoms with Crippen molar-refractivity contribution < 1.29 is 14.6 Å². The summed E-state index contributed by atoms with van der Waals surface area (Å²) in [6, 6.07) is 9.63. The first kappa shape index (κ1) is 14.9. The van der Waals surface area contributed by atoms with Gasteiger partial charge in [-0.05, 0) is 17.4 Å². The second-order valence-electron chi connectivity index (χ2n) is 6.46. The van der Waals surface area contributed by atoms with Gasteiger partial charge in [0.05, 0.1) is 12.6 Å². The Hall–Kier alpha value is -1.55. The highest BCUT2D eigenvalue weighted by Crippen LogP contribution is 2.33. The van der Waals surface area contributed by atoms with Gasteiger partial charge in [0, 0.05) is 6.04 Å². The number of hydrogen-bond acceptors (Lipinski definition) is 3. The maximum atomic E-state index is 12.2. The summed E-state index contributed by atoms with van der Waals surface area (Å²) in [6.07, 6.45) is -0.182. The van der Waals surface area contributed by atoms with E-state index in [9.17, 15) is 9.90 Å². The van der Waals surface area contributed by atoms with Crippen LogP contribution in [0.4, 0.5) is 4.79 Å². The molecule has 1 aromatic rings. The van der Waals surface area contributed by atoms with Crippen LogP contribution < -0.4 is 0 Å². The molecular formula is C16H23NO3. The number of carbonyl (C=O) groups is 1. The van der Waals surface area contributed by atoms with Crippen molar-refractivity contribution in [3.05, 3.63) is 35.9 Å². The maximum Gasteiger partial charge on any atom is 0.410 e. The summed E-state index contributed by atoms with van der Waals surface area (Å²) in [7, 11) is 0. The Morgan fingerprint density at radius 3 is 2.60 bits per heavy atom. The van der Waals surface area contributed by atoms with Crippen LogP contribution in [0.15, 0.2) is 30.3 Å². The van der Waals surface area contributed by atoms with Gasteiger partial charge in [0.1, 0.15) is 6.61 Å². The monoisotopic (exact) mass is 277 g/mol. The van der Waals surface area contributed by atoms with Crippen LogP contribution in [0.3, 0.4) is 0 Å². The largest absolute Gasteiger partial charge is 0.445 e. The second-order valence-corrected chi connectivity index (χ2v) is 6.46. The number of carbonyl (C=O) groups excluding carboxylic acids is 1. The second kappa shape index (κ2) is 5.83. The SMILES string of the molecule is CC(C)(C)[C@@H]1C[C@H](O)CN1C(=O)OCc1ccccc1. The Balaban J connectivity index is 1.97. The van der Waals surface area contributed by atoms with E-state index in [-0.39, 0.29) is 24.2 Å². The number of β-amino-alcohol motifs (C(OH)–C–C–N with tert-alkyl or cyclic N) is 1. The lowest BCUT2D eigenvalue weighted by Crippen LogP contribution is -2.43. The van der Waals surface area contributed by atoms with E-state index in [0.29, 0.717) is 13.0 Å². The minimum atomic E-state index is -0.455. The molecule has 2 atom stereocenters. The van der Waals surface area contributed by atoms with Crippen molar-refractivity contribution in [3.63, 3.8) is 0 Å². The number of likely N-dealkylation sites (tertiary alicyclic amines) is 1. The fourth-order valence-electron chi connectivity index (χ4n) is 2.64. The number of hydrogen-bond donors (Lipinski definition) is 1. The van der Waals surface area contributed by atoms with Crippen LogP contribution in [0.5, 0.6) is 0 Å². The zero-order valence-electron chi connectivity index (χ0n) is 12.4. The molecule has 0 aromatic heterocycles. The van der Waals surface area contributed by atoms with Crippen LogP contribution in [-0.2, 0) is 11.3 Å². The first-order valence-electron chi connectivity index (χ1n) is 7.03. The zero-order chi connectivity index (χ0) is 14.8. The van der Waals surface area contributed by atoms with Gasteiger partial charge in [0.25, 0.3) is 0 Å². The molecule has 0 aliphatic carbocycles. The molecule has 4 heteroatoms. The summed E-state index contributed by atoms with van der Waals surface area (Å²) in [5.74, 6) is 0. The van der Waals surface area contributed by atoms with Gasteiger partial charge in [-0.15, -0.1) is 0 Å². The lowest BCUT2D eigenvalue weighted by Gasteiger charge is -2.34. The van der Waals surface area contributed by atoms with Crippen molar-refractivity contribution in [1.82, 2.24) is 4.90 Å². The first-order chi connectivity index (χ1) is 9.38. The molecule has 0 spiro atoms. The third kappa shape index (κ3) is 3.51. The van der Waals surface area contributed by atoms with Crippen LogP contribution in [0.2, 0.25) is 0 Å². The molecule has 1 amide bonds.